The van der Waals surface area contributed by atoms with Crippen LogP contribution in [0.25, 0.3) is 11.4 Å². The molecule has 1 unspecified atom stereocenters. The van der Waals surface area contributed by atoms with Gasteiger partial charge in [-0.15, -0.1) is 0 Å². The number of nitriles is 1. The first-order chi connectivity index (χ1) is 17.6. The summed E-state index contributed by atoms with van der Waals surface area (Å²) in [7, 11) is 0. The highest BCUT2D eigenvalue weighted by atomic mass is 16.5. The smallest absolute Gasteiger partial charge is 0.331 e. The number of carbonyl (C=O) groups excluding carboxylic acids is 1. The van der Waals surface area contributed by atoms with Crippen molar-refractivity contribution in [3.63, 3.8) is 0 Å². The van der Waals surface area contributed by atoms with Crippen LogP contribution >= 0.6 is 0 Å². The third kappa shape index (κ3) is 9.72. The van der Waals surface area contributed by atoms with Gasteiger partial charge in [-0.2, -0.15) is 5.26 Å². The molecule has 0 amide bonds. The van der Waals surface area contributed by atoms with Crippen LogP contribution in [-0.4, -0.2) is 15.9 Å². The standard InChI is InChI=1S/C31H45N3O2/c1-4-7-9-11-12-13-14-15-17-26-23-33-29(34-24-26)27-18-20-28(21-19-27)36-30(35)31(6-3,25-32)22-16-10-8-5-2/h18-21,23-24H,4-17,22H2,1-3H3. The number of hydrogen-bond donors (Lipinski definition) is 0. The van der Waals surface area contributed by atoms with E-state index in [-0.39, 0.29) is 0 Å². The molecule has 0 aliphatic rings. The van der Waals surface area contributed by atoms with Gasteiger partial charge in [0.25, 0.3) is 0 Å². The van der Waals surface area contributed by atoms with Gasteiger partial charge in [0, 0.05) is 18.0 Å². The molecule has 0 aliphatic carbocycles. The molecule has 0 bridgehead atoms. The van der Waals surface area contributed by atoms with Crippen LogP contribution in [0.3, 0.4) is 0 Å². The molecule has 2 rings (SSSR count). The van der Waals surface area contributed by atoms with Gasteiger partial charge in [0.1, 0.15) is 5.75 Å². The number of aromatic nitrogens is 2. The Kier molecular flexibility index (Phi) is 13.8. The summed E-state index contributed by atoms with van der Waals surface area (Å²) in [6, 6.07) is 9.46. The zero-order chi connectivity index (χ0) is 26.1. The van der Waals surface area contributed by atoms with Crippen LogP contribution in [0.4, 0.5) is 0 Å². The van der Waals surface area contributed by atoms with Crippen molar-refractivity contribution in [1.82, 2.24) is 9.97 Å². The Morgan fingerprint density at radius 1 is 0.833 bits per heavy atom. The molecule has 0 N–H and O–H groups in total. The highest BCUT2D eigenvalue weighted by molar-refractivity contribution is 5.82. The molecule has 0 fully saturated rings. The van der Waals surface area contributed by atoms with Crippen LogP contribution in [0.2, 0.25) is 0 Å². The second kappa shape index (κ2) is 16.8. The minimum absolute atomic E-state index is 0.441. The van der Waals surface area contributed by atoms with E-state index in [1.165, 1.54) is 56.9 Å². The molecule has 5 heteroatoms. The summed E-state index contributed by atoms with van der Waals surface area (Å²) in [6.45, 7) is 6.28. The van der Waals surface area contributed by atoms with E-state index in [1.54, 1.807) is 12.1 Å². The number of benzene rings is 1. The third-order valence-corrected chi connectivity index (χ3v) is 7.01. The lowest BCUT2D eigenvalue weighted by Gasteiger charge is -2.22. The Labute approximate surface area is 218 Å². The molecule has 196 valence electrons. The fraction of sp³-hybridized carbons (Fsp3) is 0.613. The number of hydrogen-bond acceptors (Lipinski definition) is 5. The van der Waals surface area contributed by atoms with E-state index in [2.05, 4.69) is 29.9 Å². The average Bonchev–Trinajstić information content (AvgIpc) is 2.91. The number of ether oxygens (including phenoxy) is 1. The minimum Gasteiger partial charge on any atom is -0.425 e. The summed E-state index contributed by atoms with van der Waals surface area (Å²) in [5.41, 5.74) is 0.956. The van der Waals surface area contributed by atoms with E-state index in [0.29, 0.717) is 24.4 Å². The molecule has 36 heavy (non-hydrogen) atoms. The lowest BCUT2D eigenvalue weighted by molar-refractivity contribution is -0.143. The van der Waals surface area contributed by atoms with E-state index >= 15 is 0 Å². The van der Waals surface area contributed by atoms with Crippen molar-refractivity contribution in [2.24, 2.45) is 5.41 Å². The van der Waals surface area contributed by atoms with E-state index in [0.717, 1.165) is 37.7 Å². The molecule has 0 saturated carbocycles. The summed E-state index contributed by atoms with van der Waals surface area (Å²) >= 11 is 0. The fourth-order valence-electron chi connectivity index (χ4n) is 4.43. The fourth-order valence-corrected chi connectivity index (χ4v) is 4.43. The molecule has 1 atom stereocenters. The van der Waals surface area contributed by atoms with Gasteiger partial charge in [-0.3, -0.25) is 0 Å². The van der Waals surface area contributed by atoms with Gasteiger partial charge in [-0.05, 0) is 55.5 Å². The topological polar surface area (TPSA) is 75.9 Å². The first-order valence-corrected chi connectivity index (χ1v) is 14.1. The average molecular weight is 492 g/mol. The van der Waals surface area contributed by atoms with Crippen LogP contribution in [0.15, 0.2) is 36.7 Å². The van der Waals surface area contributed by atoms with Gasteiger partial charge in [0.15, 0.2) is 11.2 Å². The van der Waals surface area contributed by atoms with Gasteiger partial charge in [0.05, 0.1) is 6.07 Å². The molecule has 0 spiro atoms. The summed E-state index contributed by atoms with van der Waals surface area (Å²) in [5.74, 6) is 0.637. The summed E-state index contributed by atoms with van der Waals surface area (Å²) < 4.78 is 5.62. The van der Waals surface area contributed by atoms with Crippen molar-refractivity contribution in [1.29, 1.82) is 5.26 Å². The van der Waals surface area contributed by atoms with Crippen LogP contribution in [0, 0.1) is 16.7 Å². The highest BCUT2D eigenvalue weighted by Crippen LogP contribution is 2.31. The molecular formula is C31H45N3O2. The summed E-state index contributed by atoms with van der Waals surface area (Å²) in [6.07, 6.45) is 20.4. The molecule has 0 aliphatic heterocycles. The van der Waals surface area contributed by atoms with Crippen molar-refractivity contribution in [3.8, 4) is 23.2 Å². The molecule has 0 radical (unpaired) electrons. The van der Waals surface area contributed by atoms with Crippen molar-refractivity contribution < 1.29 is 9.53 Å². The summed E-state index contributed by atoms with van der Waals surface area (Å²) in [4.78, 5) is 22.0. The van der Waals surface area contributed by atoms with E-state index < -0.39 is 11.4 Å². The zero-order valence-corrected chi connectivity index (χ0v) is 22.7. The number of rotatable bonds is 18. The monoisotopic (exact) mass is 491 g/mol. The van der Waals surface area contributed by atoms with Gasteiger partial charge in [0.2, 0.25) is 0 Å². The molecule has 0 saturated heterocycles. The van der Waals surface area contributed by atoms with E-state index in [4.69, 9.17) is 4.74 Å². The zero-order valence-electron chi connectivity index (χ0n) is 22.7. The van der Waals surface area contributed by atoms with Gasteiger partial charge in [-0.25, -0.2) is 14.8 Å². The predicted octanol–water partition coefficient (Wildman–Crippen LogP) is 8.62. The van der Waals surface area contributed by atoms with E-state index in [1.807, 2.05) is 31.5 Å². The largest absolute Gasteiger partial charge is 0.425 e. The number of esters is 1. The lowest BCUT2D eigenvalue weighted by Crippen LogP contribution is -2.33. The normalized spacial score (nSPS) is 12.6. The van der Waals surface area contributed by atoms with Gasteiger partial charge >= 0.3 is 5.97 Å². The minimum atomic E-state index is -1.08. The Hall–Kier alpha value is -2.74. The molecule has 1 aromatic heterocycles. The Morgan fingerprint density at radius 3 is 1.94 bits per heavy atom. The molecule has 2 aromatic rings. The first-order valence-electron chi connectivity index (χ1n) is 14.1. The van der Waals surface area contributed by atoms with Crippen LogP contribution in [-0.2, 0) is 11.2 Å². The quantitative estimate of drug-likeness (QED) is 0.118. The second-order valence-corrected chi connectivity index (χ2v) is 9.91. The Balaban J connectivity index is 1.84. The van der Waals surface area contributed by atoms with Gasteiger partial charge < -0.3 is 4.74 Å². The number of nitrogens with zero attached hydrogens (tertiary/aromatic N) is 3. The van der Waals surface area contributed by atoms with Gasteiger partial charge in [-0.1, -0.05) is 91.4 Å². The maximum absolute atomic E-state index is 12.9. The highest BCUT2D eigenvalue weighted by Gasteiger charge is 2.38. The maximum Gasteiger partial charge on any atom is 0.331 e. The molecule has 1 heterocycles. The molecule has 5 nitrogen and oxygen atoms in total. The van der Waals surface area contributed by atoms with E-state index in [9.17, 15) is 10.1 Å². The van der Waals surface area contributed by atoms with Crippen molar-refractivity contribution >= 4 is 5.97 Å². The number of aryl methyl sites for hydroxylation is 1. The second-order valence-electron chi connectivity index (χ2n) is 9.91. The third-order valence-electron chi connectivity index (χ3n) is 7.01. The lowest BCUT2D eigenvalue weighted by atomic mass is 9.81. The van der Waals surface area contributed by atoms with Crippen LogP contribution in [0.1, 0.15) is 116 Å². The van der Waals surface area contributed by atoms with Crippen molar-refractivity contribution in [3.05, 3.63) is 42.2 Å². The first kappa shape index (κ1) is 29.5. The Bertz CT molecular complexity index is 918. The SMILES string of the molecule is CCCCCCCCCCc1cnc(-c2ccc(OC(=O)C(C#N)(CC)CCCCCC)cc2)nc1. The number of unbranched alkanes of at least 4 members (excludes halogenated alkanes) is 10. The van der Waals surface area contributed by atoms with Crippen molar-refractivity contribution in [2.45, 2.75) is 117 Å². The predicted molar refractivity (Wildman–Crippen MR) is 147 cm³/mol. The number of carbonyl (C=O) groups is 1. The molecule has 1 aromatic carbocycles. The Morgan fingerprint density at radius 2 is 1.39 bits per heavy atom. The van der Waals surface area contributed by atoms with Crippen LogP contribution in [0.5, 0.6) is 5.75 Å². The molecular weight excluding hydrogens is 446 g/mol. The van der Waals surface area contributed by atoms with Crippen LogP contribution < -0.4 is 4.74 Å². The maximum atomic E-state index is 12.9. The summed E-state index contributed by atoms with van der Waals surface area (Å²) in [5, 5.41) is 9.75. The van der Waals surface area contributed by atoms with Crippen molar-refractivity contribution in [2.75, 3.05) is 0 Å².